The van der Waals surface area contributed by atoms with Gasteiger partial charge in [0, 0.05) is 0 Å². The van der Waals surface area contributed by atoms with Crippen molar-refractivity contribution in [2.75, 3.05) is 5.32 Å². The first kappa shape index (κ1) is 11.3. The summed E-state index contributed by atoms with van der Waals surface area (Å²) < 4.78 is 4.96. The van der Waals surface area contributed by atoms with Gasteiger partial charge in [0.2, 0.25) is 0 Å². The van der Waals surface area contributed by atoms with E-state index < -0.39 is 11.9 Å². The average Bonchev–Trinajstić information content (AvgIpc) is 2.86. The van der Waals surface area contributed by atoms with Crippen LogP contribution in [0, 0.1) is 6.92 Å². The highest BCUT2D eigenvalue weighted by Gasteiger charge is 2.14. The molecule has 0 unspecified atom stereocenters. The minimum atomic E-state index is -1.05. The number of hydrogen-bond donors (Lipinski definition) is 2. The number of anilines is 1. The number of carbonyl (C=O) groups excluding carboxylic acids is 1. The molecule has 2 heterocycles. The largest absolute Gasteiger partial charge is 0.477 e. The highest BCUT2D eigenvalue weighted by molar-refractivity contribution is 7.15. The molecular formula is C10H8N2O4S. The molecule has 0 fully saturated rings. The minimum absolute atomic E-state index is 0.0952. The molecule has 2 N–H and O–H groups in total. The second-order valence-electron chi connectivity index (χ2n) is 3.22. The standard InChI is InChI=1S/C10H8N2O4S/c1-5-4-16-10(11-5)12-8(13)6-2-3-7(17-6)9(14)15/h2-4H,1H3,(H,14,15)(H,11,12,13). The average molecular weight is 252 g/mol. The third-order valence-corrected chi connectivity index (χ3v) is 2.95. The lowest BCUT2D eigenvalue weighted by atomic mass is 10.4. The van der Waals surface area contributed by atoms with Crippen LogP contribution in [0.15, 0.2) is 22.8 Å². The number of carbonyl (C=O) groups is 2. The molecule has 17 heavy (non-hydrogen) atoms. The Hall–Kier alpha value is -2.15. The molecule has 0 aliphatic rings. The normalized spacial score (nSPS) is 10.2. The number of hydrogen-bond acceptors (Lipinski definition) is 5. The number of oxazole rings is 1. The Morgan fingerprint density at radius 2 is 2.12 bits per heavy atom. The fourth-order valence-electron chi connectivity index (χ4n) is 1.14. The van der Waals surface area contributed by atoms with Crippen LogP contribution >= 0.6 is 11.3 Å². The number of rotatable bonds is 3. The number of carboxylic acid groups (broad SMARTS) is 1. The van der Waals surface area contributed by atoms with Crippen LogP contribution < -0.4 is 5.32 Å². The SMILES string of the molecule is Cc1coc(NC(=O)c2ccc(C(=O)O)s2)n1. The van der Waals surface area contributed by atoms with Crippen LogP contribution in [-0.4, -0.2) is 22.0 Å². The molecule has 0 spiro atoms. The van der Waals surface area contributed by atoms with Crippen LogP contribution in [0.4, 0.5) is 6.01 Å². The van der Waals surface area contributed by atoms with Gasteiger partial charge in [-0.2, -0.15) is 4.98 Å². The smallest absolute Gasteiger partial charge is 0.345 e. The molecule has 0 atom stereocenters. The van der Waals surface area contributed by atoms with Crippen molar-refractivity contribution in [2.24, 2.45) is 0 Å². The van der Waals surface area contributed by atoms with Crippen LogP contribution in [-0.2, 0) is 0 Å². The van der Waals surface area contributed by atoms with Crippen molar-refractivity contribution in [2.45, 2.75) is 6.92 Å². The van der Waals surface area contributed by atoms with Gasteiger partial charge in [0.05, 0.1) is 10.6 Å². The minimum Gasteiger partial charge on any atom is -0.477 e. The van der Waals surface area contributed by atoms with E-state index >= 15 is 0 Å². The Bertz CT molecular complexity index is 572. The molecule has 6 nitrogen and oxygen atoms in total. The van der Waals surface area contributed by atoms with Gasteiger partial charge in [-0.05, 0) is 19.1 Å². The molecule has 2 aromatic heterocycles. The summed E-state index contributed by atoms with van der Waals surface area (Å²) in [5.41, 5.74) is 0.651. The van der Waals surface area contributed by atoms with Crippen molar-refractivity contribution < 1.29 is 19.1 Å². The molecule has 0 radical (unpaired) electrons. The van der Waals surface area contributed by atoms with E-state index in [0.717, 1.165) is 11.3 Å². The summed E-state index contributed by atoms with van der Waals surface area (Å²) in [5, 5.41) is 11.2. The van der Waals surface area contributed by atoms with Crippen LogP contribution in [0.25, 0.3) is 0 Å². The molecule has 0 aromatic carbocycles. The van der Waals surface area contributed by atoms with Crippen LogP contribution in [0.2, 0.25) is 0 Å². The van der Waals surface area contributed by atoms with E-state index in [1.165, 1.54) is 18.4 Å². The van der Waals surface area contributed by atoms with E-state index in [-0.39, 0.29) is 10.9 Å². The Kier molecular flexibility index (Phi) is 2.92. The maximum Gasteiger partial charge on any atom is 0.345 e. The fraction of sp³-hybridized carbons (Fsp3) is 0.100. The lowest BCUT2D eigenvalue weighted by Gasteiger charge is -1.96. The molecular weight excluding hydrogens is 244 g/mol. The molecule has 0 saturated carbocycles. The zero-order chi connectivity index (χ0) is 12.4. The summed E-state index contributed by atoms with van der Waals surface area (Å²) in [6, 6.07) is 2.92. The van der Waals surface area contributed by atoms with Crippen molar-refractivity contribution in [3.8, 4) is 0 Å². The Balaban J connectivity index is 2.11. The van der Waals surface area contributed by atoms with Gasteiger partial charge in [0.25, 0.3) is 5.91 Å². The van der Waals surface area contributed by atoms with Crippen molar-refractivity contribution >= 4 is 29.2 Å². The van der Waals surface area contributed by atoms with Crippen molar-refractivity contribution in [3.63, 3.8) is 0 Å². The Morgan fingerprint density at radius 3 is 2.65 bits per heavy atom. The summed E-state index contributed by atoms with van der Waals surface area (Å²) in [7, 11) is 0. The molecule has 0 saturated heterocycles. The number of amides is 1. The van der Waals surface area contributed by atoms with Gasteiger partial charge in [0.15, 0.2) is 0 Å². The summed E-state index contributed by atoms with van der Waals surface area (Å²) in [4.78, 5) is 26.6. The number of carboxylic acids is 1. The van der Waals surface area contributed by atoms with Crippen molar-refractivity contribution in [3.05, 3.63) is 33.8 Å². The molecule has 2 aromatic rings. The lowest BCUT2D eigenvalue weighted by Crippen LogP contribution is -2.10. The quantitative estimate of drug-likeness (QED) is 0.871. The molecule has 88 valence electrons. The first-order valence-electron chi connectivity index (χ1n) is 4.63. The van der Waals surface area contributed by atoms with E-state index in [1.807, 2.05) is 0 Å². The number of nitrogens with one attached hydrogen (secondary N) is 1. The van der Waals surface area contributed by atoms with E-state index in [0.29, 0.717) is 10.6 Å². The zero-order valence-corrected chi connectivity index (χ0v) is 9.58. The van der Waals surface area contributed by atoms with Gasteiger partial charge in [-0.1, -0.05) is 0 Å². The molecule has 0 aliphatic heterocycles. The van der Waals surface area contributed by atoms with Gasteiger partial charge in [-0.15, -0.1) is 11.3 Å². The third kappa shape index (κ3) is 2.51. The predicted octanol–water partition coefficient (Wildman–Crippen LogP) is 2.00. The monoisotopic (exact) mass is 252 g/mol. The van der Waals surface area contributed by atoms with Gasteiger partial charge in [-0.25, -0.2) is 4.79 Å². The number of aryl methyl sites for hydroxylation is 1. The van der Waals surface area contributed by atoms with Gasteiger partial charge < -0.3 is 9.52 Å². The fourth-order valence-corrected chi connectivity index (χ4v) is 1.89. The number of aromatic carboxylic acids is 1. The second kappa shape index (κ2) is 4.38. The molecule has 2 rings (SSSR count). The molecule has 0 bridgehead atoms. The van der Waals surface area contributed by atoms with Crippen LogP contribution in [0.5, 0.6) is 0 Å². The van der Waals surface area contributed by atoms with Crippen LogP contribution in [0.3, 0.4) is 0 Å². The molecule has 1 amide bonds. The van der Waals surface area contributed by atoms with E-state index in [2.05, 4.69) is 10.3 Å². The lowest BCUT2D eigenvalue weighted by molar-refractivity contribution is 0.0702. The zero-order valence-electron chi connectivity index (χ0n) is 8.76. The van der Waals surface area contributed by atoms with E-state index in [4.69, 9.17) is 9.52 Å². The van der Waals surface area contributed by atoms with Gasteiger partial charge in [0.1, 0.15) is 11.1 Å². The second-order valence-corrected chi connectivity index (χ2v) is 4.30. The first-order chi connectivity index (χ1) is 8.06. The predicted molar refractivity (Wildman–Crippen MR) is 60.5 cm³/mol. The number of thiophene rings is 1. The highest BCUT2D eigenvalue weighted by Crippen LogP contribution is 2.18. The van der Waals surface area contributed by atoms with Gasteiger partial charge >= 0.3 is 12.0 Å². The number of nitrogens with zero attached hydrogens (tertiary/aromatic N) is 1. The molecule has 7 heteroatoms. The summed E-state index contributed by atoms with van der Waals surface area (Å²) in [5.74, 6) is -1.50. The van der Waals surface area contributed by atoms with E-state index in [9.17, 15) is 9.59 Å². The van der Waals surface area contributed by atoms with Crippen molar-refractivity contribution in [1.29, 1.82) is 0 Å². The summed E-state index contributed by atoms with van der Waals surface area (Å²) >= 11 is 0.894. The van der Waals surface area contributed by atoms with Gasteiger partial charge in [-0.3, -0.25) is 10.1 Å². The maximum absolute atomic E-state index is 11.7. The topological polar surface area (TPSA) is 92.4 Å². The van der Waals surface area contributed by atoms with Crippen molar-refractivity contribution in [1.82, 2.24) is 4.98 Å². The number of aromatic nitrogens is 1. The Morgan fingerprint density at radius 1 is 1.41 bits per heavy atom. The summed E-state index contributed by atoms with van der Waals surface area (Å²) in [6.45, 7) is 1.73. The molecule has 0 aliphatic carbocycles. The Labute approximate surface area is 99.9 Å². The maximum atomic E-state index is 11.7. The van der Waals surface area contributed by atoms with Crippen LogP contribution in [0.1, 0.15) is 25.0 Å². The highest BCUT2D eigenvalue weighted by atomic mass is 32.1. The third-order valence-electron chi connectivity index (χ3n) is 1.88. The van der Waals surface area contributed by atoms with E-state index in [1.54, 1.807) is 6.92 Å². The first-order valence-corrected chi connectivity index (χ1v) is 5.44. The summed E-state index contributed by atoms with van der Waals surface area (Å²) in [6.07, 6.45) is 1.41.